The summed E-state index contributed by atoms with van der Waals surface area (Å²) in [6.07, 6.45) is 1.02. The number of amides is 1. The summed E-state index contributed by atoms with van der Waals surface area (Å²) in [5.41, 5.74) is -0.730. The van der Waals surface area contributed by atoms with E-state index in [1.54, 1.807) is 6.92 Å². The monoisotopic (exact) mass is 282 g/mol. The number of carboxylic acids is 1. The average Bonchev–Trinajstić information content (AvgIpc) is 2.43. The van der Waals surface area contributed by atoms with Crippen LogP contribution in [-0.4, -0.2) is 47.0 Å². The van der Waals surface area contributed by atoms with Crippen LogP contribution < -0.4 is 10.2 Å². The quantitative estimate of drug-likeness (QED) is 0.566. The number of hydrogen-bond acceptors (Lipinski definition) is 6. The first-order valence-corrected chi connectivity index (χ1v) is 5.74. The van der Waals surface area contributed by atoms with E-state index >= 15 is 0 Å². The lowest BCUT2D eigenvalue weighted by Crippen LogP contribution is -2.36. The fourth-order valence-electron chi connectivity index (χ4n) is 1.53. The molecule has 1 aromatic rings. The van der Waals surface area contributed by atoms with Crippen molar-refractivity contribution in [1.82, 2.24) is 10.3 Å². The highest BCUT2D eigenvalue weighted by molar-refractivity contribution is 5.89. The second kappa shape index (κ2) is 6.45. The van der Waals surface area contributed by atoms with Gasteiger partial charge < -0.3 is 15.3 Å². The molecule has 0 aliphatic carbocycles. The van der Waals surface area contributed by atoms with Crippen molar-refractivity contribution in [2.45, 2.75) is 6.92 Å². The molecule has 0 aliphatic rings. The van der Waals surface area contributed by atoms with E-state index in [4.69, 9.17) is 5.11 Å². The first-order chi connectivity index (χ1) is 9.40. The predicted octanol–water partition coefficient (Wildman–Crippen LogP) is 0.260. The van der Waals surface area contributed by atoms with Gasteiger partial charge in [0.15, 0.2) is 0 Å². The first kappa shape index (κ1) is 15.3. The summed E-state index contributed by atoms with van der Waals surface area (Å²) in [6.45, 7) is 1.92. The number of carboxylic acid groups (broad SMARTS) is 1. The van der Waals surface area contributed by atoms with E-state index in [1.807, 2.05) is 0 Å². The average molecular weight is 282 g/mol. The molecule has 9 nitrogen and oxygen atoms in total. The number of aromatic nitrogens is 1. The lowest BCUT2D eigenvalue weighted by atomic mass is 10.2. The Balaban J connectivity index is 3.24. The van der Waals surface area contributed by atoms with Gasteiger partial charge in [-0.15, -0.1) is 0 Å². The topological polar surface area (TPSA) is 126 Å². The van der Waals surface area contributed by atoms with Crippen LogP contribution in [0.1, 0.15) is 17.3 Å². The summed E-state index contributed by atoms with van der Waals surface area (Å²) in [5.74, 6) is -1.67. The molecule has 1 aromatic heterocycles. The predicted molar refractivity (Wildman–Crippen MR) is 69.8 cm³/mol. The zero-order valence-electron chi connectivity index (χ0n) is 11.0. The second-order valence-electron chi connectivity index (χ2n) is 3.82. The molecular weight excluding hydrogens is 268 g/mol. The number of pyridine rings is 1. The molecule has 0 bridgehead atoms. The van der Waals surface area contributed by atoms with Crippen LogP contribution in [0.2, 0.25) is 0 Å². The summed E-state index contributed by atoms with van der Waals surface area (Å²) < 4.78 is 0. The molecular formula is C11H14N4O5. The Morgan fingerprint density at radius 1 is 1.55 bits per heavy atom. The van der Waals surface area contributed by atoms with Crippen molar-refractivity contribution in [3.8, 4) is 0 Å². The Bertz CT molecular complexity index is 546. The minimum atomic E-state index is -1.30. The Labute approximate surface area is 114 Å². The molecule has 1 rings (SSSR count). The number of carbonyl (C=O) groups excluding carboxylic acids is 1. The normalized spacial score (nSPS) is 9.90. The molecule has 0 aromatic carbocycles. The van der Waals surface area contributed by atoms with Gasteiger partial charge in [-0.2, -0.15) is 0 Å². The van der Waals surface area contributed by atoms with Crippen LogP contribution in [0.15, 0.2) is 12.3 Å². The number of aromatic carboxylic acids is 1. The van der Waals surface area contributed by atoms with Crippen molar-refractivity contribution in [1.29, 1.82) is 0 Å². The number of anilines is 1. The summed E-state index contributed by atoms with van der Waals surface area (Å²) in [7, 11) is 1.45. The van der Waals surface area contributed by atoms with Gasteiger partial charge in [0.1, 0.15) is 0 Å². The van der Waals surface area contributed by atoms with Gasteiger partial charge in [0.2, 0.25) is 11.7 Å². The highest BCUT2D eigenvalue weighted by Crippen LogP contribution is 2.26. The van der Waals surface area contributed by atoms with Gasteiger partial charge in [-0.1, -0.05) is 0 Å². The molecule has 1 amide bonds. The van der Waals surface area contributed by atoms with Crippen molar-refractivity contribution >= 4 is 23.4 Å². The van der Waals surface area contributed by atoms with Gasteiger partial charge in [-0.05, 0) is 6.92 Å². The third kappa shape index (κ3) is 3.40. The summed E-state index contributed by atoms with van der Waals surface area (Å²) in [6, 6.07) is 0.928. The standard InChI is InChI=1S/C11H14N4O5/c1-3-14(6-9(16)12-2)10-8(15(19)20)4-7(5-13-10)11(17)18/h4-5H,3,6H2,1-2H3,(H,12,16)(H,17,18). The van der Waals surface area contributed by atoms with Gasteiger partial charge in [-0.25, -0.2) is 9.78 Å². The van der Waals surface area contributed by atoms with Crippen LogP contribution in [0.5, 0.6) is 0 Å². The van der Waals surface area contributed by atoms with E-state index in [0.29, 0.717) is 6.54 Å². The maximum atomic E-state index is 11.4. The smallest absolute Gasteiger partial charge is 0.337 e. The van der Waals surface area contributed by atoms with Crippen LogP contribution in [0.4, 0.5) is 11.5 Å². The molecule has 0 fully saturated rings. The van der Waals surface area contributed by atoms with E-state index in [-0.39, 0.29) is 23.8 Å². The largest absolute Gasteiger partial charge is 0.478 e. The summed E-state index contributed by atoms with van der Waals surface area (Å²) in [5, 5.41) is 22.2. The minimum Gasteiger partial charge on any atom is -0.478 e. The summed E-state index contributed by atoms with van der Waals surface area (Å²) >= 11 is 0. The number of rotatable bonds is 6. The Kier molecular flexibility index (Phi) is 4.95. The van der Waals surface area contributed by atoms with Gasteiger partial charge in [-0.3, -0.25) is 14.9 Å². The molecule has 1 heterocycles. The van der Waals surface area contributed by atoms with Gasteiger partial charge >= 0.3 is 11.7 Å². The molecule has 0 radical (unpaired) electrons. The SMILES string of the molecule is CCN(CC(=O)NC)c1ncc(C(=O)O)cc1[N+](=O)[O-]. The second-order valence-corrected chi connectivity index (χ2v) is 3.82. The highest BCUT2D eigenvalue weighted by atomic mass is 16.6. The Hall–Kier alpha value is -2.71. The molecule has 0 spiro atoms. The van der Waals surface area contributed by atoms with Crippen LogP contribution in [0.25, 0.3) is 0 Å². The maximum Gasteiger partial charge on any atom is 0.337 e. The van der Waals surface area contributed by atoms with E-state index in [2.05, 4.69) is 10.3 Å². The molecule has 0 atom stereocenters. The number of likely N-dealkylation sites (N-methyl/N-ethyl adjacent to an activating group) is 2. The zero-order chi connectivity index (χ0) is 15.3. The number of hydrogen-bond donors (Lipinski definition) is 2. The van der Waals surface area contributed by atoms with Crippen molar-refractivity contribution in [3.05, 3.63) is 27.9 Å². The fraction of sp³-hybridized carbons (Fsp3) is 0.364. The Morgan fingerprint density at radius 3 is 2.65 bits per heavy atom. The van der Waals surface area contributed by atoms with Crippen LogP contribution in [0.3, 0.4) is 0 Å². The minimum absolute atomic E-state index is 0.0360. The van der Waals surface area contributed by atoms with E-state index in [9.17, 15) is 19.7 Å². The van der Waals surface area contributed by atoms with Crippen molar-refractivity contribution in [2.75, 3.05) is 25.0 Å². The fourth-order valence-corrected chi connectivity index (χ4v) is 1.53. The lowest BCUT2D eigenvalue weighted by Gasteiger charge is -2.20. The van der Waals surface area contributed by atoms with Crippen molar-refractivity contribution in [3.63, 3.8) is 0 Å². The number of nitrogens with zero attached hydrogens (tertiary/aromatic N) is 3. The van der Waals surface area contributed by atoms with Crippen LogP contribution >= 0.6 is 0 Å². The molecule has 0 saturated carbocycles. The maximum absolute atomic E-state index is 11.4. The van der Waals surface area contributed by atoms with Gasteiger partial charge in [0, 0.05) is 25.9 Å². The number of nitro groups is 1. The zero-order valence-corrected chi connectivity index (χ0v) is 11.0. The van der Waals surface area contributed by atoms with Crippen LogP contribution in [-0.2, 0) is 4.79 Å². The number of nitrogens with one attached hydrogen (secondary N) is 1. The highest BCUT2D eigenvalue weighted by Gasteiger charge is 2.23. The lowest BCUT2D eigenvalue weighted by molar-refractivity contribution is -0.384. The van der Waals surface area contributed by atoms with Crippen molar-refractivity contribution in [2.24, 2.45) is 0 Å². The molecule has 0 saturated heterocycles. The molecule has 9 heteroatoms. The van der Waals surface area contributed by atoms with Crippen LogP contribution in [0, 0.1) is 10.1 Å². The molecule has 20 heavy (non-hydrogen) atoms. The van der Waals surface area contributed by atoms with E-state index in [1.165, 1.54) is 11.9 Å². The number of carbonyl (C=O) groups is 2. The van der Waals surface area contributed by atoms with E-state index < -0.39 is 16.6 Å². The first-order valence-electron chi connectivity index (χ1n) is 5.74. The Morgan fingerprint density at radius 2 is 2.20 bits per heavy atom. The molecule has 0 aliphatic heterocycles. The van der Waals surface area contributed by atoms with Gasteiger partial charge in [0.05, 0.1) is 17.0 Å². The third-order valence-corrected chi connectivity index (χ3v) is 2.59. The van der Waals surface area contributed by atoms with E-state index in [0.717, 1.165) is 12.3 Å². The van der Waals surface area contributed by atoms with Gasteiger partial charge in [0.25, 0.3) is 0 Å². The molecule has 0 unspecified atom stereocenters. The molecule has 2 N–H and O–H groups in total. The van der Waals surface area contributed by atoms with Crippen molar-refractivity contribution < 1.29 is 19.6 Å². The third-order valence-electron chi connectivity index (χ3n) is 2.59. The summed E-state index contributed by atoms with van der Waals surface area (Å²) in [4.78, 5) is 37.7. The molecule has 108 valence electrons.